The summed E-state index contributed by atoms with van der Waals surface area (Å²) in [5.74, 6) is 0.425. The molecule has 1 aromatic heterocycles. The molecule has 0 aliphatic carbocycles. The molecule has 51 heavy (non-hydrogen) atoms. The molecule has 1 saturated heterocycles. The summed E-state index contributed by atoms with van der Waals surface area (Å²) in [6.07, 6.45) is 3.40. The van der Waals surface area contributed by atoms with E-state index in [2.05, 4.69) is 42.5 Å². The van der Waals surface area contributed by atoms with Crippen molar-refractivity contribution in [3.63, 3.8) is 0 Å². The lowest BCUT2D eigenvalue weighted by molar-refractivity contribution is -0.145. The quantitative estimate of drug-likeness (QED) is 0.124. The van der Waals surface area contributed by atoms with E-state index in [1.165, 1.54) is 5.19 Å². The van der Waals surface area contributed by atoms with E-state index in [1.807, 2.05) is 97.2 Å². The molecule has 2 amide bonds. The monoisotopic (exact) mass is 701 g/mol. The molecule has 4 atom stereocenters. The molecule has 0 saturated carbocycles. The third-order valence-corrected chi connectivity index (χ3v) is 15.1. The van der Waals surface area contributed by atoms with Gasteiger partial charge in [-0.15, -0.1) is 5.10 Å². The van der Waals surface area contributed by atoms with Crippen molar-refractivity contribution in [2.75, 3.05) is 23.5 Å². The molecule has 0 unspecified atom stereocenters. The predicted octanol–water partition coefficient (Wildman–Crippen LogP) is 6.10. The second-order valence-corrected chi connectivity index (χ2v) is 18.6. The zero-order chi connectivity index (χ0) is 35.8. The Bertz CT molecular complexity index is 2010. The Hall–Kier alpha value is -5.10. The van der Waals surface area contributed by atoms with Crippen molar-refractivity contribution in [3.8, 4) is 5.75 Å². The molecule has 2 aliphatic rings. The Kier molecular flexibility index (Phi) is 9.36. The van der Waals surface area contributed by atoms with Gasteiger partial charge in [0.15, 0.2) is 5.60 Å². The summed E-state index contributed by atoms with van der Waals surface area (Å²) in [5.41, 5.74) is 3.05. The minimum absolute atomic E-state index is 0.00141. The number of carbonyl (C=O) groups excluding carboxylic acids is 2. The molecule has 0 bridgehead atoms. The van der Waals surface area contributed by atoms with Crippen LogP contribution in [0.25, 0.3) is 0 Å². The number of aliphatic hydroxyl groups is 1. The molecule has 10 nitrogen and oxygen atoms in total. The van der Waals surface area contributed by atoms with Gasteiger partial charge in [0.2, 0.25) is 6.41 Å². The van der Waals surface area contributed by atoms with E-state index in [0.29, 0.717) is 25.1 Å². The Labute approximate surface area is 299 Å². The lowest BCUT2D eigenvalue weighted by Crippen LogP contribution is -2.51. The summed E-state index contributed by atoms with van der Waals surface area (Å²) in [6.45, 7) is 7.41. The van der Waals surface area contributed by atoms with Gasteiger partial charge < -0.3 is 14.6 Å². The number of methoxy groups -OCH3 is 1. The second kappa shape index (κ2) is 13.9. The van der Waals surface area contributed by atoms with Crippen LogP contribution in [0.1, 0.15) is 24.6 Å². The number of aromatic nitrogens is 3. The van der Waals surface area contributed by atoms with Crippen molar-refractivity contribution in [1.29, 1.82) is 0 Å². The van der Waals surface area contributed by atoms with Crippen LogP contribution in [0.3, 0.4) is 0 Å². The molecule has 0 radical (unpaired) electrons. The van der Waals surface area contributed by atoms with Gasteiger partial charge >= 0.3 is 0 Å². The number of rotatable bonds is 12. The molecule has 3 heterocycles. The number of amides is 2. The first kappa shape index (κ1) is 34.4. The Morgan fingerprint density at radius 2 is 1.69 bits per heavy atom. The third kappa shape index (κ3) is 5.94. The highest BCUT2D eigenvalue weighted by atomic mass is 28.3. The first-order chi connectivity index (χ1) is 24.7. The fourth-order valence-electron chi connectivity index (χ4n) is 8.28. The van der Waals surface area contributed by atoms with Gasteiger partial charge in [-0.05, 0) is 66.6 Å². The summed E-state index contributed by atoms with van der Waals surface area (Å²) < 4.78 is 14.6. The number of nitrogens with zero attached hydrogens (tertiary/aromatic N) is 5. The van der Waals surface area contributed by atoms with Crippen LogP contribution in [0.4, 0.5) is 22.7 Å². The molecule has 5 aromatic rings. The molecule has 262 valence electrons. The maximum Gasteiger partial charge on any atom is 0.268 e. The number of carbonyl (C=O) groups is 2. The van der Waals surface area contributed by atoms with E-state index in [0.717, 1.165) is 40.5 Å². The van der Waals surface area contributed by atoms with Crippen LogP contribution >= 0.6 is 0 Å². The zero-order valence-electron chi connectivity index (χ0n) is 29.3. The number of aliphatic hydroxyl groups excluding tert-OH is 1. The topological polar surface area (TPSA) is 110 Å². The second-order valence-electron chi connectivity index (χ2n) is 13.9. The number of hydrogen-bond donors (Lipinski definition) is 1. The standard InChI is InChI=1S/C40H43N5O5Si/c1-28-38(51(3,4)34-18-16-33(49-2)17-19-34)37(21-23-43-26-29(22-24-46)41-42-43)50-40(28)35-25-32(44(27-47)30-11-7-5-8-12-30)15-20-36(35)45(39(40)48)31-13-9-6-10-14-31/h5-20,25-28,37-38,46H,21-24H2,1-4H3/t28-,37+,38-,40+/m0/s1. The zero-order valence-corrected chi connectivity index (χ0v) is 30.3. The van der Waals surface area contributed by atoms with Crippen molar-refractivity contribution in [2.24, 2.45) is 5.92 Å². The van der Waals surface area contributed by atoms with Crippen LogP contribution in [0.2, 0.25) is 18.6 Å². The lowest BCUT2D eigenvalue weighted by atomic mass is 9.82. The molecule has 2 aliphatic heterocycles. The van der Waals surface area contributed by atoms with Crippen molar-refractivity contribution in [2.45, 2.75) is 56.7 Å². The van der Waals surface area contributed by atoms with Crippen molar-refractivity contribution in [1.82, 2.24) is 15.0 Å². The smallest absolute Gasteiger partial charge is 0.268 e. The molecular weight excluding hydrogens is 659 g/mol. The number of benzene rings is 4. The van der Waals surface area contributed by atoms with E-state index in [-0.39, 0.29) is 30.1 Å². The number of para-hydroxylation sites is 2. The van der Waals surface area contributed by atoms with Crippen LogP contribution in [0, 0.1) is 5.92 Å². The molecule has 4 aromatic carbocycles. The van der Waals surface area contributed by atoms with E-state index >= 15 is 4.79 Å². The summed E-state index contributed by atoms with van der Waals surface area (Å²) in [5, 5.41) is 19.2. The fraction of sp³-hybridized carbons (Fsp3) is 0.300. The highest BCUT2D eigenvalue weighted by Crippen LogP contribution is 2.61. The van der Waals surface area contributed by atoms with Crippen LogP contribution in [-0.4, -0.2) is 60.3 Å². The van der Waals surface area contributed by atoms with Crippen molar-refractivity contribution < 1.29 is 24.2 Å². The minimum Gasteiger partial charge on any atom is -0.497 e. The molecule has 1 spiro atoms. The number of hydrogen-bond acceptors (Lipinski definition) is 7. The first-order valence-corrected chi connectivity index (χ1v) is 20.5. The van der Waals surface area contributed by atoms with Crippen LogP contribution < -0.4 is 19.7 Å². The van der Waals surface area contributed by atoms with E-state index in [1.54, 1.807) is 21.6 Å². The molecule has 11 heteroatoms. The number of ether oxygens (including phenoxy) is 2. The van der Waals surface area contributed by atoms with Gasteiger partial charge in [-0.1, -0.05) is 78.9 Å². The van der Waals surface area contributed by atoms with E-state index < -0.39 is 13.7 Å². The molecular formula is C40H43N5O5Si. The van der Waals surface area contributed by atoms with Crippen LogP contribution in [0.5, 0.6) is 5.75 Å². The Morgan fingerprint density at radius 3 is 2.35 bits per heavy atom. The summed E-state index contributed by atoms with van der Waals surface area (Å²) >= 11 is 0. The lowest BCUT2D eigenvalue weighted by Gasteiger charge is -2.37. The van der Waals surface area contributed by atoms with Crippen LogP contribution in [0.15, 0.2) is 109 Å². The van der Waals surface area contributed by atoms with Gasteiger partial charge in [-0.3, -0.25) is 24.1 Å². The fourth-order valence-corrected chi connectivity index (χ4v) is 12.3. The Balaban J connectivity index is 1.37. The highest BCUT2D eigenvalue weighted by molar-refractivity contribution is 6.91. The average molecular weight is 702 g/mol. The number of fused-ring (bicyclic) bond motifs is 2. The molecule has 7 rings (SSSR count). The number of anilines is 4. The van der Waals surface area contributed by atoms with Gasteiger partial charge in [0.05, 0.1) is 32.7 Å². The van der Waals surface area contributed by atoms with E-state index in [4.69, 9.17) is 9.47 Å². The predicted molar refractivity (Wildman–Crippen MR) is 200 cm³/mol. The van der Waals surface area contributed by atoms with Gasteiger partial charge in [0.1, 0.15) is 5.75 Å². The Morgan fingerprint density at radius 1 is 0.980 bits per heavy atom. The molecule has 1 N–H and O–H groups in total. The maximum absolute atomic E-state index is 15.3. The maximum atomic E-state index is 15.3. The van der Waals surface area contributed by atoms with Gasteiger partial charge in [-0.25, -0.2) is 0 Å². The molecule has 1 fully saturated rings. The first-order valence-electron chi connectivity index (χ1n) is 17.4. The SMILES string of the molecule is COc1ccc([Si](C)(C)[C@@H]2[C@@H](CCn3cc(CCO)nn3)O[C@]3(C(=O)N(c4ccccc4)c4ccc(N(C=O)c5ccccc5)cc43)[C@H]2C)cc1. The average Bonchev–Trinajstić information content (AvgIpc) is 3.81. The van der Waals surface area contributed by atoms with Crippen LogP contribution in [-0.2, 0) is 32.9 Å². The van der Waals surface area contributed by atoms with Gasteiger partial charge in [-0.2, -0.15) is 0 Å². The largest absolute Gasteiger partial charge is 0.497 e. The van der Waals surface area contributed by atoms with Crippen molar-refractivity contribution in [3.05, 3.63) is 121 Å². The third-order valence-electron chi connectivity index (χ3n) is 10.8. The van der Waals surface area contributed by atoms with E-state index in [9.17, 15) is 9.90 Å². The van der Waals surface area contributed by atoms with Gasteiger partial charge in [0, 0.05) is 54.3 Å². The summed E-state index contributed by atoms with van der Waals surface area (Å²) in [4.78, 5) is 31.3. The van der Waals surface area contributed by atoms with Crippen molar-refractivity contribution >= 4 is 48.3 Å². The number of aryl methyl sites for hydroxylation is 1. The van der Waals surface area contributed by atoms with Gasteiger partial charge in [0.25, 0.3) is 5.91 Å². The summed E-state index contributed by atoms with van der Waals surface area (Å²) in [6, 6.07) is 33.3. The summed E-state index contributed by atoms with van der Waals surface area (Å²) in [7, 11) is -0.724. The minimum atomic E-state index is -2.39. The normalized spacial score (nSPS) is 21.2. The highest BCUT2D eigenvalue weighted by Gasteiger charge is 2.66.